The average Bonchev–Trinajstić information content (AvgIpc) is 3.01. The lowest BCUT2D eigenvalue weighted by atomic mass is 10.2. The van der Waals surface area contributed by atoms with Crippen LogP contribution >= 0.6 is 0 Å². The van der Waals surface area contributed by atoms with Crippen molar-refractivity contribution in [2.45, 2.75) is 39.2 Å². The number of imidazole rings is 1. The molecule has 1 atom stereocenters. The molecule has 1 N–H and O–H groups in total. The number of nitrogens with zero attached hydrogens (tertiary/aromatic N) is 3. The Kier molecular flexibility index (Phi) is 6.84. The summed E-state index contributed by atoms with van der Waals surface area (Å²) in [5, 5.41) is 2.80. The van der Waals surface area contributed by atoms with Gasteiger partial charge in [0.2, 0.25) is 5.91 Å². The molecule has 0 fully saturated rings. The van der Waals surface area contributed by atoms with E-state index in [1.165, 1.54) is 12.4 Å². The van der Waals surface area contributed by atoms with Crippen LogP contribution in [0.5, 0.6) is 5.75 Å². The van der Waals surface area contributed by atoms with Crippen molar-refractivity contribution in [3.8, 4) is 5.75 Å². The van der Waals surface area contributed by atoms with E-state index in [9.17, 15) is 18.0 Å². The molecular weight excluding hydrogens is 361 g/mol. The number of para-hydroxylation sites is 2. The molecule has 0 aliphatic heterocycles. The highest BCUT2D eigenvalue weighted by atomic mass is 19.4. The summed E-state index contributed by atoms with van der Waals surface area (Å²) < 4.78 is 44.4. The molecule has 27 heavy (non-hydrogen) atoms. The van der Waals surface area contributed by atoms with Gasteiger partial charge >= 0.3 is 6.18 Å². The lowest BCUT2D eigenvalue weighted by molar-refractivity contribution is -0.141. The van der Waals surface area contributed by atoms with E-state index in [1.807, 2.05) is 6.92 Å². The fourth-order valence-corrected chi connectivity index (χ4v) is 2.48. The van der Waals surface area contributed by atoms with Crippen LogP contribution in [0.2, 0.25) is 0 Å². The van der Waals surface area contributed by atoms with Crippen molar-refractivity contribution in [2.24, 2.45) is 0 Å². The first-order valence-corrected chi connectivity index (χ1v) is 8.51. The summed E-state index contributed by atoms with van der Waals surface area (Å²) in [5.41, 5.74) is 0.545. The van der Waals surface area contributed by atoms with Crippen LogP contribution in [0.3, 0.4) is 0 Å². The zero-order chi connectivity index (χ0) is 20.0. The second-order valence-electron chi connectivity index (χ2n) is 6.10. The van der Waals surface area contributed by atoms with Gasteiger partial charge in [-0.3, -0.25) is 9.69 Å². The van der Waals surface area contributed by atoms with Crippen LogP contribution < -0.4 is 10.1 Å². The van der Waals surface area contributed by atoms with E-state index in [1.54, 1.807) is 43.1 Å². The number of ether oxygens (including phenoxy) is 1. The largest absolute Gasteiger partial charge is 0.492 e. The summed E-state index contributed by atoms with van der Waals surface area (Å²) in [6.07, 6.45) is -1.74. The molecule has 1 amide bonds. The van der Waals surface area contributed by atoms with Gasteiger partial charge in [0, 0.05) is 12.4 Å². The zero-order valence-corrected chi connectivity index (χ0v) is 15.5. The molecule has 1 heterocycles. The third kappa shape index (κ3) is 5.99. The first-order chi connectivity index (χ1) is 12.7. The fraction of sp³-hybridized carbons (Fsp3) is 0.444. The minimum absolute atomic E-state index is 0.102. The molecule has 0 radical (unpaired) electrons. The Morgan fingerprint density at radius 3 is 2.74 bits per heavy atom. The van der Waals surface area contributed by atoms with Crippen LogP contribution in [-0.2, 0) is 17.9 Å². The summed E-state index contributed by atoms with van der Waals surface area (Å²) in [4.78, 5) is 18.1. The highest BCUT2D eigenvalue weighted by molar-refractivity contribution is 5.95. The highest BCUT2D eigenvalue weighted by Gasteiger charge is 2.29. The number of alkyl halides is 3. The molecule has 0 aliphatic rings. The number of nitrogens with one attached hydrogen (secondary N) is 1. The van der Waals surface area contributed by atoms with Crippen LogP contribution in [-0.4, -0.2) is 46.2 Å². The number of rotatable bonds is 8. The van der Waals surface area contributed by atoms with Gasteiger partial charge in [0.05, 0.1) is 24.9 Å². The predicted octanol–water partition coefficient (Wildman–Crippen LogP) is 3.30. The van der Waals surface area contributed by atoms with Gasteiger partial charge in [-0.25, -0.2) is 4.98 Å². The molecule has 2 aromatic rings. The molecule has 0 aliphatic carbocycles. The lowest BCUT2D eigenvalue weighted by Gasteiger charge is -2.24. The molecular formula is C18H23F3N4O2. The van der Waals surface area contributed by atoms with Crippen molar-refractivity contribution in [2.75, 3.05) is 19.0 Å². The van der Waals surface area contributed by atoms with Crippen molar-refractivity contribution in [1.29, 1.82) is 0 Å². The minimum atomic E-state index is -4.33. The summed E-state index contributed by atoms with van der Waals surface area (Å²) in [6.45, 7) is 2.97. The van der Waals surface area contributed by atoms with Crippen molar-refractivity contribution >= 4 is 11.6 Å². The van der Waals surface area contributed by atoms with Crippen LogP contribution in [0.4, 0.5) is 18.9 Å². The minimum Gasteiger partial charge on any atom is -0.492 e. The first kappa shape index (κ1) is 20.8. The number of halogens is 3. The van der Waals surface area contributed by atoms with Gasteiger partial charge < -0.3 is 14.6 Å². The number of aromatic nitrogens is 2. The maximum Gasteiger partial charge on any atom is 0.406 e. The maximum absolute atomic E-state index is 12.6. The van der Waals surface area contributed by atoms with Crippen molar-refractivity contribution in [1.82, 2.24) is 14.5 Å². The molecule has 9 heteroatoms. The molecule has 6 nitrogen and oxygen atoms in total. The SMILES string of the molecule is CCOc1ccccc1NC(=O)C(C)N(C)Cc1nccn1CC(F)(F)F. The molecule has 1 aromatic carbocycles. The standard InChI is InChI=1S/C18H23F3N4O2/c1-4-27-15-8-6-5-7-14(15)23-17(26)13(2)24(3)11-16-22-9-10-25(16)12-18(19,20)21/h5-10,13H,4,11-12H2,1-3H3,(H,23,26). The number of carbonyl (C=O) groups excluding carboxylic acids is 1. The average molecular weight is 384 g/mol. The third-order valence-corrected chi connectivity index (χ3v) is 4.03. The Balaban J connectivity index is 2.02. The quantitative estimate of drug-likeness (QED) is 0.759. The summed E-state index contributed by atoms with van der Waals surface area (Å²) in [6, 6.07) is 6.47. The molecule has 0 bridgehead atoms. The van der Waals surface area contributed by atoms with E-state index >= 15 is 0 Å². The van der Waals surface area contributed by atoms with Gasteiger partial charge in [0.25, 0.3) is 0 Å². The molecule has 2 rings (SSSR count). The van der Waals surface area contributed by atoms with Gasteiger partial charge in [0.15, 0.2) is 0 Å². The maximum atomic E-state index is 12.6. The summed E-state index contributed by atoms with van der Waals surface area (Å²) in [7, 11) is 1.66. The Labute approximate surface area is 155 Å². The van der Waals surface area contributed by atoms with Crippen LogP contribution in [0.15, 0.2) is 36.7 Å². The smallest absolute Gasteiger partial charge is 0.406 e. The highest BCUT2D eigenvalue weighted by Crippen LogP contribution is 2.24. The number of hydrogen-bond acceptors (Lipinski definition) is 4. The normalized spacial score (nSPS) is 12.9. The molecule has 1 aromatic heterocycles. The van der Waals surface area contributed by atoms with Gasteiger partial charge in [0.1, 0.15) is 18.1 Å². The second kappa shape index (κ2) is 8.90. The van der Waals surface area contributed by atoms with E-state index in [0.717, 1.165) is 4.57 Å². The number of benzene rings is 1. The number of anilines is 1. The number of amides is 1. The van der Waals surface area contributed by atoms with E-state index in [4.69, 9.17) is 4.74 Å². The van der Waals surface area contributed by atoms with Crippen LogP contribution in [0.1, 0.15) is 19.7 Å². The number of carbonyl (C=O) groups is 1. The van der Waals surface area contributed by atoms with Gasteiger partial charge in [-0.15, -0.1) is 0 Å². The fourth-order valence-electron chi connectivity index (χ4n) is 2.48. The second-order valence-corrected chi connectivity index (χ2v) is 6.10. The van der Waals surface area contributed by atoms with Crippen molar-refractivity contribution < 1.29 is 22.7 Å². The molecule has 1 unspecified atom stereocenters. The number of likely N-dealkylation sites (N-methyl/N-ethyl adjacent to an activating group) is 1. The Morgan fingerprint density at radius 2 is 2.07 bits per heavy atom. The molecule has 148 valence electrons. The third-order valence-electron chi connectivity index (χ3n) is 4.03. The summed E-state index contributed by atoms with van der Waals surface area (Å²) in [5.74, 6) is 0.506. The Morgan fingerprint density at radius 1 is 1.37 bits per heavy atom. The predicted molar refractivity (Wildman–Crippen MR) is 95.5 cm³/mol. The lowest BCUT2D eigenvalue weighted by Crippen LogP contribution is -2.40. The van der Waals surface area contributed by atoms with Gasteiger partial charge in [-0.1, -0.05) is 12.1 Å². The molecule has 0 saturated carbocycles. The van der Waals surface area contributed by atoms with Gasteiger partial charge in [-0.05, 0) is 33.0 Å². The van der Waals surface area contributed by atoms with Crippen molar-refractivity contribution in [3.63, 3.8) is 0 Å². The van der Waals surface area contributed by atoms with Crippen LogP contribution in [0.25, 0.3) is 0 Å². The topological polar surface area (TPSA) is 59.4 Å². The summed E-state index contributed by atoms with van der Waals surface area (Å²) >= 11 is 0. The Hall–Kier alpha value is -2.55. The molecule has 0 spiro atoms. The van der Waals surface area contributed by atoms with Gasteiger partial charge in [-0.2, -0.15) is 13.2 Å². The molecule has 0 saturated heterocycles. The zero-order valence-electron chi connectivity index (χ0n) is 15.5. The van der Waals surface area contributed by atoms with E-state index in [2.05, 4.69) is 10.3 Å². The Bertz CT molecular complexity index is 761. The number of hydrogen-bond donors (Lipinski definition) is 1. The van der Waals surface area contributed by atoms with E-state index in [-0.39, 0.29) is 18.3 Å². The van der Waals surface area contributed by atoms with E-state index < -0.39 is 18.8 Å². The first-order valence-electron chi connectivity index (χ1n) is 8.51. The monoisotopic (exact) mass is 384 g/mol. The van der Waals surface area contributed by atoms with Crippen LogP contribution in [0, 0.1) is 0 Å². The van der Waals surface area contributed by atoms with E-state index in [0.29, 0.717) is 18.0 Å². The van der Waals surface area contributed by atoms with Crippen molar-refractivity contribution in [3.05, 3.63) is 42.5 Å².